The van der Waals surface area contributed by atoms with Crippen LogP contribution in [0, 0.1) is 6.92 Å². The number of alkyl halides is 2. The van der Waals surface area contributed by atoms with Gasteiger partial charge in [-0.3, -0.25) is 0 Å². The van der Waals surface area contributed by atoms with E-state index in [1.807, 2.05) is 13.0 Å². The number of aryl methyl sites for hydroxylation is 1. The second-order valence-corrected chi connectivity index (χ2v) is 5.46. The first-order valence-corrected chi connectivity index (χ1v) is 7.30. The number of halogens is 3. The van der Waals surface area contributed by atoms with Crippen LogP contribution in [0.25, 0.3) is 0 Å². The van der Waals surface area contributed by atoms with Crippen molar-refractivity contribution in [3.63, 3.8) is 0 Å². The molecule has 108 valence electrons. The Labute approximate surface area is 124 Å². The van der Waals surface area contributed by atoms with Crippen molar-refractivity contribution < 1.29 is 13.2 Å². The molecule has 0 unspecified atom stereocenters. The van der Waals surface area contributed by atoms with Gasteiger partial charge in [0.2, 0.25) is 0 Å². The second kappa shape index (κ2) is 6.95. The fourth-order valence-electron chi connectivity index (χ4n) is 1.58. The number of thioether (sulfide) groups is 1. The van der Waals surface area contributed by atoms with Crippen molar-refractivity contribution in [1.29, 1.82) is 0 Å². The summed E-state index contributed by atoms with van der Waals surface area (Å²) in [5.41, 5.74) is 1.71. The summed E-state index contributed by atoms with van der Waals surface area (Å²) in [6.07, 6.45) is 1.63. The SMILES string of the molecule is Cc1cc(NCc2ccc(CSC(F)F)o2)cnc1Cl. The van der Waals surface area contributed by atoms with Crippen LogP contribution in [0.5, 0.6) is 0 Å². The molecule has 2 aromatic heterocycles. The van der Waals surface area contributed by atoms with Crippen molar-refractivity contribution in [2.45, 2.75) is 25.0 Å². The van der Waals surface area contributed by atoms with Gasteiger partial charge in [-0.05, 0) is 30.7 Å². The van der Waals surface area contributed by atoms with Crippen molar-refractivity contribution in [1.82, 2.24) is 4.98 Å². The van der Waals surface area contributed by atoms with Crippen molar-refractivity contribution in [3.05, 3.63) is 46.6 Å². The van der Waals surface area contributed by atoms with Crippen LogP contribution in [-0.4, -0.2) is 10.7 Å². The topological polar surface area (TPSA) is 38.1 Å². The molecule has 0 atom stereocenters. The van der Waals surface area contributed by atoms with Gasteiger partial charge in [0, 0.05) is 0 Å². The highest BCUT2D eigenvalue weighted by molar-refractivity contribution is 7.98. The van der Waals surface area contributed by atoms with Gasteiger partial charge in [-0.2, -0.15) is 8.78 Å². The number of hydrogen-bond donors (Lipinski definition) is 1. The van der Waals surface area contributed by atoms with E-state index in [0.29, 0.717) is 35.0 Å². The lowest BCUT2D eigenvalue weighted by Gasteiger charge is -2.05. The smallest absolute Gasteiger partial charge is 0.284 e. The van der Waals surface area contributed by atoms with E-state index < -0.39 is 5.76 Å². The van der Waals surface area contributed by atoms with Crippen LogP contribution in [0.1, 0.15) is 17.1 Å². The minimum absolute atomic E-state index is 0.166. The molecule has 2 aromatic rings. The van der Waals surface area contributed by atoms with Crippen molar-refractivity contribution in [2.75, 3.05) is 5.32 Å². The van der Waals surface area contributed by atoms with Gasteiger partial charge in [-0.25, -0.2) is 4.98 Å². The lowest BCUT2D eigenvalue weighted by atomic mass is 10.3. The van der Waals surface area contributed by atoms with Crippen LogP contribution in [0.15, 0.2) is 28.8 Å². The van der Waals surface area contributed by atoms with Gasteiger partial charge in [0.1, 0.15) is 16.7 Å². The maximum atomic E-state index is 12.1. The van der Waals surface area contributed by atoms with Crippen LogP contribution in [0.3, 0.4) is 0 Å². The Morgan fingerprint density at radius 2 is 2.15 bits per heavy atom. The number of nitrogens with one attached hydrogen (secondary N) is 1. The number of furan rings is 1. The molecule has 7 heteroatoms. The molecule has 3 nitrogen and oxygen atoms in total. The highest BCUT2D eigenvalue weighted by atomic mass is 35.5. The molecular weight excluding hydrogens is 306 g/mol. The monoisotopic (exact) mass is 318 g/mol. The van der Waals surface area contributed by atoms with Gasteiger partial charge < -0.3 is 9.73 Å². The maximum absolute atomic E-state index is 12.1. The van der Waals surface area contributed by atoms with E-state index in [9.17, 15) is 8.78 Å². The number of pyridine rings is 1. The van der Waals surface area contributed by atoms with Crippen molar-refractivity contribution in [3.8, 4) is 0 Å². The molecule has 0 bridgehead atoms. The molecule has 0 amide bonds. The van der Waals surface area contributed by atoms with E-state index in [1.165, 1.54) is 0 Å². The number of hydrogen-bond acceptors (Lipinski definition) is 4. The van der Waals surface area contributed by atoms with Crippen LogP contribution < -0.4 is 5.32 Å². The average molecular weight is 319 g/mol. The Hall–Kier alpha value is -1.27. The Bertz CT molecular complexity index is 577. The maximum Gasteiger partial charge on any atom is 0.284 e. The summed E-state index contributed by atoms with van der Waals surface area (Å²) in [4.78, 5) is 4.03. The molecule has 0 aliphatic heterocycles. The molecule has 0 fully saturated rings. The fourth-order valence-corrected chi connectivity index (χ4v) is 2.13. The van der Waals surface area contributed by atoms with Crippen LogP contribution in [-0.2, 0) is 12.3 Å². The molecule has 0 aliphatic rings. The van der Waals surface area contributed by atoms with E-state index in [2.05, 4.69) is 10.3 Å². The standard InChI is InChI=1S/C13H13ClF2N2OS/c1-8-4-9(5-18-12(8)14)17-6-10-2-3-11(19-10)7-20-13(15)16/h2-5,13,17H,6-7H2,1H3. The first-order chi connectivity index (χ1) is 9.54. The van der Waals surface area contributed by atoms with E-state index in [4.69, 9.17) is 16.0 Å². The number of nitrogens with zero attached hydrogens (tertiary/aromatic N) is 1. The second-order valence-electron chi connectivity index (χ2n) is 4.12. The molecule has 0 radical (unpaired) electrons. The van der Waals surface area contributed by atoms with Gasteiger partial charge in [0.05, 0.1) is 24.2 Å². The van der Waals surface area contributed by atoms with E-state index >= 15 is 0 Å². The minimum Gasteiger partial charge on any atom is -0.463 e. The third-order valence-corrected chi connectivity index (χ3v) is 3.65. The molecule has 0 saturated carbocycles. The molecule has 0 spiro atoms. The molecule has 2 rings (SSSR count). The number of rotatable bonds is 6. The zero-order chi connectivity index (χ0) is 14.5. The quantitative estimate of drug-likeness (QED) is 0.783. The summed E-state index contributed by atoms with van der Waals surface area (Å²) in [7, 11) is 0. The summed E-state index contributed by atoms with van der Waals surface area (Å²) in [5.74, 6) is -0.996. The predicted molar refractivity (Wildman–Crippen MR) is 77.3 cm³/mol. The summed E-state index contributed by atoms with van der Waals surface area (Å²) < 4.78 is 29.6. The van der Waals surface area contributed by atoms with E-state index in [-0.39, 0.29) is 5.75 Å². The minimum atomic E-state index is -2.38. The lowest BCUT2D eigenvalue weighted by molar-refractivity contribution is 0.251. The van der Waals surface area contributed by atoms with Gasteiger partial charge in [-0.15, -0.1) is 0 Å². The van der Waals surface area contributed by atoms with E-state index in [0.717, 1.165) is 11.3 Å². The summed E-state index contributed by atoms with van der Waals surface area (Å²) >= 11 is 6.38. The Kier molecular flexibility index (Phi) is 5.25. The van der Waals surface area contributed by atoms with Gasteiger partial charge in [0.25, 0.3) is 5.76 Å². The first kappa shape index (κ1) is 15.1. The fraction of sp³-hybridized carbons (Fsp3) is 0.308. The molecular formula is C13H13ClF2N2OS. The Morgan fingerprint density at radius 1 is 1.40 bits per heavy atom. The van der Waals surface area contributed by atoms with Crippen LogP contribution >= 0.6 is 23.4 Å². The molecule has 1 N–H and O–H groups in total. The zero-order valence-corrected chi connectivity index (χ0v) is 12.3. The number of anilines is 1. The average Bonchev–Trinajstić information content (AvgIpc) is 2.86. The van der Waals surface area contributed by atoms with Gasteiger partial charge in [-0.1, -0.05) is 23.4 Å². The third-order valence-electron chi connectivity index (χ3n) is 2.55. The molecule has 2 heterocycles. The molecule has 0 aromatic carbocycles. The van der Waals surface area contributed by atoms with Gasteiger partial charge >= 0.3 is 0 Å². The van der Waals surface area contributed by atoms with Gasteiger partial charge in [0.15, 0.2) is 0 Å². The molecule has 0 saturated heterocycles. The lowest BCUT2D eigenvalue weighted by Crippen LogP contribution is -1.99. The summed E-state index contributed by atoms with van der Waals surface area (Å²) in [6.45, 7) is 2.33. The first-order valence-electron chi connectivity index (χ1n) is 5.88. The molecule has 0 aliphatic carbocycles. The summed E-state index contributed by atoms with van der Waals surface area (Å²) in [5, 5.41) is 3.61. The Morgan fingerprint density at radius 3 is 2.85 bits per heavy atom. The largest absolute Gasteiger partial charge is 0.463 e. The highest BCUT2D eigenvalue weighted by Crippen LogP contribution is 2.22. The van der Waals surface area contributed by atoms with E-state index in [1.54, 1.807) is 18.3 Å². The third kappa shape index (κ3) is 4.38. The normalized spacial score (nSPS) is 11.1. The summed E-state index contributed by atoms with van der Waals surface area (Å²) in [6, 6.07) is 5.36. The zero-order valence-electron chi connectivity index (χ0n) is 10.7. The molecule has 20 heavy (non-hydrogen) atoms. The van der Waals surface area contributed by atoms with Crippen molar-refractivity contribution >= 4 is 29.1 Å². The number of aromatic nitrogens is 1. The van der Waals surface area contributed by atoms with Crippen LogP contribution in [0.4, 0.5) is 14.5 Å². The van der Waals surface area contributed by atoms with Crippen LogP contribution in [0.2, 0.25) is 5.15 Å². The van der Waals surface area contributed by atoms with Crippen molar-refractivity contribution in [2.24, 2.45) is 0 Å². The predicted octanol–water partition coefficient (Wildman–Crippen LogP) is 4.70. The highest BCUT2D eigenvalue weighted by Gasteiger charge is 2.07. The Balaban J connectivity index is 1.89.